The molecule has 1 aromatic heterocycles. The highest BCUT2D eigenvalue weighted by atomic mass is 127. The Morgan fingerprint density at radius 1 is 1.17 bits per heavy atom. The highest BCUT2D eigenvalue weighted by Crippen LogP contribution is 2.35. The molecule has 2 aliphatic rings. The minimum atomic E-state index is -0.0423. The molecule has 0 amide bonds. The number of imidazole rings is 1. The number of likely N-dealkylation sites (tertiary alicyclic amines) is 1. The fourth-order valence-electron chi connectivity index (χ4n) is 3.84. The number of ether oxygens (including phenoxy) is 1. The first-order chi connectivity index (χ1) is 11.6. The highest BCUT2D eigenvalue weighted by Gasteiger charge is 2.31. The molecule has 24 heavy (non-hydrogen) atoms. The van der Waals surface area contributed by atoms with Crippen LogP contribution in [0.25, 0.3) is 0 Å². The number of rotatable bonds is 2. The van der Waals surface area contributed by atoms with E-state index >= 15 is 0 Å². The van der Waals surface area contributed by atoms with Gasteiger partial charge in [0, 0.05) is 25.3 Å². The molecule has 0 bridgehead atoms. The summed E-state index contributed by atoms with van der Waals surface area (Å²) in [6.45, 7) is 5.39. The summed E-state index contributed by atoms with van der Waals surface area (Å²) in [7, 11) is 2.19. The Hall–Kier alpha value is -0.920. The Balaban J connectivity index is 1.72. The van der Waals surface area contributed by atoms with Gasteiger partial charge in [-0.25, -0.2) is 4.98 Å². The summed E-state index contributed by atoms with van der Waals surface area (Å²) in [5.41, 5.74) is 3.96. The lowest BCUT2D eigenvalue weighted by Crippen LogP contribution is -2.35. The van der Waals surface area contributed by atoms with Gasteiger partial charge in [-0.3, -0.25) is 0 Å². The van der Waals surface area contributed by atoms with E-state index < -0.39 is 0 Å². The number of aromatic nitrogens is 2. The molecule has 0 radical (unpaired) electrons. The molecule has 1 aromatic carbocycles. The standard InChI is InChI=1S/C19H24IN3O/c1-13-18(20)21-19-17(24-15-8-10-22(2)11-9-15)16-6-4-3-5-14(16)7-12-23(13)19/h3-6,15,17H,7-12H2,1-2H3. The first-order valence-corrected chi connectivity index (χ1v) is 9.85. The van der Waals surface area contributed by atoms with Crippen molar-refractivity contribution < 1.29 is 4.74 Å². The largest absolute Gasteiger partial charge is 0.362 e. The molecule has 0 N–H and O–H groups in total. The Labute approximate surface area is 157 Å². The average molecular weight is 437 g/mol. The summed E-state index contributed by atoms with van der Waals surface area (Å²) >= 11 is 2.35. The molecule has 0 saturated carbocycles. The fourth-order valence-corrected chi connectivity index (χ4v) is 4.38. The van der Waals surface area contributed by atoms with Crippen molar-refractivity contribution in [1.29, 1.82) is 0 Å². The third-order valence-electron chi connectivity index (χ3n) is 5.36. The Kier molecular flexibility index (Phi) is 4.66. The Bertz CT molecular complexity index is 734. The maximum Gasteiger partial charge on any atom is 0.144 e. The van der Waals surface area contributed by atoms with Crippen molar-refractivity contribution in [2.24, 2.45) is 0 Å². The number of benzene rings is 1. The van der Waals surface area contributed by atoms with Crippen molar-refractivity contribution in [3.63, 3.8) is 0 Å². The molecule has 0 aliphatic carbocycles. The van der Waals surface area contributed by atoms with Gasteiger partial charge >= 0.3 is 0 Å². The van der Waals surface area contributed by atoms with Crippen molar-refractivity contribution in [3.8, 4) is 0 Å². The van der Waals surface area contributed by atoms with E-state index in [9.17, 15) is 0 Å². The predicted octanol–water partition coefficient (Wildman–Crippen LogP) is 3.55. The minimum absolute atomic E-state index is 0.0423. The number of halogens is 1. The molecular formula is C19H24IN3O. The topological polar surface area (TPSA) is 30.3 Å². The van der Waals surface area contributed by atoms with Crippen LogP contribution in [0.4, 0.5) is 0 Å². The molecule has 3 heterocycles. The number of hydrogen-bond donors (Lipinski definition) is 0. The van der Waals surface area contributed by atoms with E-state index in [1.807, 2.05) is 0 Å². The zero-order valence-corrected chi connectivity index (χ0v) is 16.5. The van der Waals surface area contributed by atoms with Crippen molar-refractivity contribution in [2.45, 2.75) is 44.9 Å². The van der Waals surface area contributed by atoms with E-state index in [1.54, 1.807) is 0 Å². The highest BCUT2D eigenvalue weighted by molar-refractivity contribution is 14.1. The summed E-state index contributed by atoms with van der Waals surface area (Å²) in [4.78, 5) is 7.27. The summed E-state index contributed by atoms with van der Waals surface area (Å²) in [5, 5.41) is 0. The molecule has 2 aromatic rings. The molecule has 4 rings (SSSR count). The smallest absolute Gasteiger partial charge is 0.144 e. The van der Waals surface area contributed by atoms with Crippen LogP contribution < -0.4 is 0 Å². The summed E-state index contributed by atoms with van der Waals surface area (Å²) in [6, 6.07) is 8.73. The van der Waals surface area contributed by atoms with Crippen LogP contribution in [0.1, 0.15) is 41.6 Å². The minimum Gasteiger partial charge on any atom is -0.362 e. The van der Waals surface area contributed by atoms with Crippen LogP contribution in [0.3, 0.4) is 0 Å². The van der Waals surface area contributed by atoms with Gasteiger partial charge in [0.1, 0.15) is 15.6 Å². The third kappa shape index (κ3) is 3.02. The number of hydrogen-bond acceptors (Lipinski definition) is 3. The van der Waals surface area contributed by atoms with Gasteiger partial charge in [0.05, 0.1) is 6.10 Å². The lowest BCUT2D eigenvalue weighted by atomic mass is 10.00. The predicted molar refractivity (Wildman–Crippen MR) is 103 cm³/mol. The van der Waals surface area contributed by atoms with E-state index in [0.717, 1.165) is 48.4 Å². The lowest BCUT2D eigenvalue weighted by molar-refractivity contribution is -0.0276. The maximum atomic E-state index is 6.67. The van der Waals surface area contributed by atoms with Gasteiger partial charge in [-0.2, -0.15) is 0 Å². The fraction of sp³-hybridized carbons (Fsp3) is 0.526. The zero-order chi connectivity index (χ0) is 16.7. The van der Waals surface area contributed by atoms with Crippen LogP contribution >= 0.6 is 22.6 Å². The number of nitrogens with zero attached hydrogens (tertiary/aromatic N) is 3. The average Bonchev–Trinajstić information content (AvgIpc) is 2.78. The van der Waals surface area contributed by atoms with Crippen LogP contribution in [-0.4, -0.2) is 40.7 Å². The van der Waals surface area contributed by atoms with Crippen LogP contribution in [0.5, 0.6) is 0 Å². The second-order valence-electron chi connectivity index (χ2n) is 6.97. The molecule has 2 aliphatic heterocycles. The van der Waals surface area contributed by atoms with Gasteiger partial charge in [0.2, 0.25) is 0 Å². The maximum absolute atomic E-state index is 6.67. The van der Waals surface area contributed by atoms with Crippen molar-refractivity contribution >= 4 is 22.6 Å². The molecule has 1 saturated heterocycles. The van der Waals surface area contributed by atoms with Crippen LogP contribution in [0.2, 0.25) is 0 Å². The Morgan fingerprint density at radius 3 is 2.71 bits per heavy atom. The zero-order valence-electron chi connectivity index (χ0n) is 14.3. The van der Waals surface area contributed by atoms with Gasteiger partial charge in [-0.15, -0.1) is 0 Å². The first kappa shape index (κ1) is 16.5. The summed E-state index contributed by atoms with van der Waals surface area (Å²) < 4.78 is 10.1. The molecule has 128 valence electrons. The van der Waals surface area contributed by atoms with Gasteiger partial charge in [0.15, 0.2) is 0 Å². The van der Waals surface area contributed by atoms with Gasteiger partial charge in [-0.1, -0.05) is 24.3 Å². The molecular weight excluding hydrogens is 413 g/mol. The van der Waals surface area contributed by atoms with Crippen molar-refractivity contribution in [2.75, 3.05) is 20.1 Å². The normalized spacial score (nSPS) is 22.0. The summed E-state index contributed by atoms with van der Waals surface area (Å²) in [6.07, 6.45) is 3.53. The van der Waals surface area contributed by atoms with E-state index in [2.05, 4.69) is 70.3 Å². The first-order valence-electron chi connectivity index (χ1n) is 8.78. The Morgan fingerprint density at radius 2 is 1.92 bits per heavy atom. The van der Waals surface area contributed by atoms with Gasteiger partial charge in [-0.05, 0) is 67.0 Å². The van der Waals surface area contributed by atoms with E-state index in [1.165, 1.54) is 16.8 Å². The molecule has 0 spiro atoms. The van der Waals surface area contributed by atoms with Crippen LogP contribution in [0.15, 0.2) is 24.3 Å². The molecule has 1 atom stereocenters. The number of fused-ring (bicyclic) bond motifs is 2. The van der Waals surface area contributed by atoms with Crippen LogP contribution in [0, 0.1) is 10.6 Å². The van der Waals surface area contributed by atoms with Gasteiger partial charge < -0.3 is 14.2 Å². The second-order valence-corrected chi connectivity index (χ2v) is 7.99. The monoisotopic (exact) mass is 437 g/mol. The lowest BCUT2D eigenvalue weighted by Gasteiger charge is -2.32. The third-order valence-corrected chi connectivity index (χ3v) is 6.39. The van der Waals surface area contributed by atoms with E-state index in [-0.39, 0.29) is 6.10 Å². The number of aryl methyl sites for hydroxylation is 1. The number of piperidine rings is 1. The van der Waals surface area contributed by atoms with Crippen molar-refractivity contribution in [3.05, 3.63) is 50.6 Å². The quantitative estimate of drug-likeness (QED) is 0.674. The summed E-state index contributed by atoms with van der Waals surface area (Å²) in [5.74, 6) is 1.08. The van der Waals surface area contributed by atoms with Crippen LogP contribution in [-0.2, 0) is 17.7 Å². The van der Waals surface area contributed by atoms with E-state index in [4.69, 9.17) is 9.72 Å². The second kappa shape index (κ2) is 6.77. The van der Waals surface area contributed by atoms with Gasteiger partial charge in [0.25, 0.3) is 0 Å². The SMILES string of the molecule is Cc1c(I)nc2n1CCc1ccccc1C2OC1CCN(C)CC1. The molecule has 1 fully saturated rings. The molecule has 1 unspecified atom stereocenters. The molecule has 4 nitrogen and oxygen atoms in total. The van der Waals surface area contributed by atoms with Crippen molar-refractivity contribution in [1.82, 2.24) is 14.5 Å². The van der Waals surface area contributed by atoms with E-state index in [0.29, 0.717) is 6.10 Å². The molecule has 5 heteroatoms.